The number of likely N-dealkylation sites (tertiary alicyclic amines) is 1. The van der Waals surface area contributed by atoms with Crippen LogP contribution in [0.5, 0.6) is 0 Å². The monoisotopic (exact) mass is 468 g/mol. The van der Waals surface area contributed by atoms with Crippen LogP contribution in [0.4, 0.5) is 5.69 Å². The van der Waals surface area contributed by atoms with Crippen LogP contribution in [0.2, 0.25) is 5.02 Å². The molecule has 1 aromatic heterocycles. The summed E-state index contributed by atoms with van der Waals surface area (Å²) in [7, 11) is 0. The average molecular weight is 469 g/mol. The lowest BCUT2D eigenvalue weighted by Crippen LogP contribution is -2.53. The molecule has 1 unspecified atom stereocenters. The average Bonchev–Trinajstić information content (AvgIpc) is 2.88. The first-order valence-electron chi connectivity index (χ1n) is 12.5. The fraction of sp³-hybridized carbons (Fsp3) is 0.577. The Kier molecular flexibility index (Phi) is 6.72. The molecule has 1 aromatic carbocycles. The zero-order chi connectivity index (χ0) is 22.8. The van der Waals surface area contributed by atoms with Gasteiger partial charge in [0.05, 0.1) is 11.4 Å². The number of amides is 2. The number of rotatable bonds is 3. The van der Waals surface area contributed by atoms with Crippen LogP contribution in [0, 0.1) is 11.8 Å². The highest BCUT2D eigenvalue weighted by atomic mass is 35.5. The van der Waals surface area contributed by atoms with Gasteiger partial charge >= 0.3 is 0 Å². The van der Waals surface area contributed by atoms with E-state index in [9.17, 15) is 9.59 Å². The molecular weight excluding hydrogens is 436 g/mol. The Morgan fingerprint density at radius 3 is 2.33 bits per heavy atom. The number of nitrogens with zero attached hydrogens (tertiary/aromatic N) is 4. The maximum absolute atomic E-state index is 13.3. The molecule has 0 radical (unpaired) electrons. The summed E-state index contributed by atoms with van der Waals surface area (Å²) in [6.07, 6.45) is 9.26. The number of carbonyl (C=O) groups is 2. The molecule has 2 aromatic rings. The van der Waals surface area contributed by atoms with Crippen molar-refractivity contribution in [2.75, 3.05) is 44.2 Å². The molecule has 33 heavy (non-hydrogen) atoms. The van der Waals surface area contributed by atoms with Gasteiger partial charge in [0.1, 0.15) is 0 Å². The number of hydrogen-bond acceptors (Lipinski definition) is 4. The molecule has 0 bridgehead atoms. The van der Waals surface area contributed by atoms with E-state index in [1.807, 2.05) is 40.3 Å². The number of piperazine rings is 1. The Hall–Kier alpha value is -2.34. The summed E-state index contributed by atoms with van der Waals surface area (Å²) < 4.78 is 0. The predicted molar refractivity (Wildman–Crippen MR) is 131 cm³/mol. The topological polar surface area (TPSA) is 56.8 Å². The Morgan fingerprint density at radius 1 is 0.818 bits per heavy atom. The number of carbonyl (C=O) groups excluding carboxylic acids is 2. The second-order valence-electron chi connectivity index (χ2n) is 9.76. The molecule has 3 heterocycles. The number of hydrogen-bond donors (Lipinski definition) is 0. The minimum absolute atomic E-state index is 0.0539. The number of piperidine rings is 1. The minimum Gasteiger partial charge on any atom is -0.367 e. The molecule has 0 spiro atoms. The molecule has 5 rings (SSSR count). The van der Waals surface area contributed by atoms with Crippen molar-refractivity contribution in [1.29, 1.82) is 0 Å². The fourth-order valence-corrected chi connectivity index (χ4v) is 5.96. The van der Waals surface area contributed by atoms with E-state index in [0.29, 0.717) is 30.6 Å². The summed E-state index contributed by atoms with van der Waals surface area (Å²) in [6, 6.07) is 7.86. The molecule has 2 saturated heterocycles. The van der Waals surface area contributed by atoms with Crippen LogP contribution in [-0.2, 0) is 9.59 Å². The van der Waals surface area contributed by atoms with Gasteiger partial charge in [-0.2, -0.15) is 0 Å². The first-order chi connectivity index (χ1) is 16.1. The molecular formula is C26H33ClN4O2. The van der Waals surface area contributed by atoms with Gasteiger partial charge in [0.2, 0.25) is 11.8 Å². The fourth-order valence-electron chi connectivity index (χ4n) is 5.79. The number of fused-ring (bicyclic) bond motifs is 1. The zero-order valence-corrected chi connectivity index (χ0v) is 20.0. The van der Waals surface area contributed by atoms with Crippen LogP contribution in [0.25, 0.3) is 10.9 Å². The summed E-state index contributed by atoms with van der Waals surface area (Å²) in [5.41, 5.74) is 2.04. The Bertz CT molecular complexity index is 1010. The molecule has 1 saturated carbocycles. The van der Waals surface area contributed by atoms with Crippen molar-refractivity contribution in [2.24, 2.45) is 11.8 Å². The number of anilines is 1. The van der Waals surface area contributed by atoms with Gasteiger partial charge < -0.3 is 14.7 Å². The standard InChI is InChI=1S/C26H33ClN4O2/c27-21-8-9-22-23(17-21)28-11-10-24(22)29-13-15-30(16-14-29)26(33)20-7-4-12-31(18-20)25(32)19-5-2-1-3-6-19/h8-11,17,19-20H,1-7,12-16,18H2. The summed E-state index contributed by atoms with van der Waals surface area (Å²) in [4.78, 5) is 37.1. The van der Waals surface area contributed by atoms with E-state index in [-0.39, 0.29) is 17.7 Å². The van der Waals surface area contributed by atoms with Crippen LogP contribution in [-0.4, -0.2) is 65.9 Å². The van der Waals surface area contributed by atoms with E-state index >= 15 is 0 Å². The summed E-state index contributed by atoms with van der Waals surface area (Å²) >= 11 is 6.14. The van der Waals surface area contributed by atoms with Gasteiger partial charge in [-0.3, -0.25) is 14.6 Å². The van der Waals surface area contributed by atoms with Crippen molar-refractivity contribution >= 4 is 40.0 Å². The van der Waals surface area contributed by atoms with Gasteiger partial charge in [0.15, 0.2) is 0 Å². The minimum atomic E-state index is -0.0539. The van der Waals surface area contributed by atoms with Crippen molar-refractivity contribution in [3.63, 3.8) is 0 Å². The first-order valence-corrected chi connectivity index (χ1v) is 12.8. The van der Waals surface area contributed by atoms with Crippen molar-refractivity contribution in [2.45, 2.75) is 44.9 Å². The molecule has 3 aliphatic rings. The van der Waals surface area contributed by atoms with Gasteiger partial charge in [-0.1, -0.05) is 30.9 Å². The quantitative estimate of drug-likeness (QED) is 0.671. The molecule has 0 N–H and O–H groups in total. The van der Waals surface area contributed by atoms with Crippen LogP contribution in [0.15, 0.2) is 30.5 Å². The van der Waals surface area contributed by atoms with Crippen LogP contribution in [0.1, 0.15) is 44.9 Å². The number of benzene rings is 1. The molecule has 1 atom stereocenters. The Morgan fingerprint density at radius 2 is 1.55 bits per heavy atom. The molecule has 3 fully saturated rings. The molecule has 6 nitrogen and oxygen atoms in total. The second kappa shape index (κ2) is 9.88. The highest BCUT2D eigenvalue weighted by Crippen LogP contribution is 2.30. The number of pyridine rings is 1. The summed E-state index contributed by atoms with van der Waals surface area (Å²) in [5.74, 6) is 0.645. The zero-order valence-electron chi connectivity index (χ0n) is 19.2. The van der Waals surface area contributed by atoms with Crippen LogP contribution < -0.4 is 4.90 Å². The van der Waals surface area contributed by atoms with E-state index in [2.05, 4.69) is 9.88 Å². The van der Waals surface area contributed by atoms with E-state index < -0.39 is 0 Å². The Balaban J connectivity index is 1.20. The van der Waals surface area contributed by atoms with Crippen molar-refractivity contribution < 1.29 is 9.59 Å². The molecule has 2 amide bonds. The van der Waals surface area contributed by atoms with Gasteiger partial charge in [-0.25, -0.2) is 0 Å². The molecule has 176 valence electrons. The largest absolute Gasteiger partial charge is 0.367 e. The smallest absolute Gasteiger partial charge is 0.227 e. The van der Waals surface area contributed by atoms with Crippen molar-refractivity contribution in [3.8, 4) is 0 Å². The third kappa shape index (κ3) is 4.81. The van der Waals surface area contributed by atoms with Crippen LogP contribution >= 0.6 is 11.6 Å². The SMILES string of the molecule is O=C(C1CCCN(C(=O)C2CCCCC2)C1)N1CCN(c2ccnc3cc(Cl)ccc23)CC1. The van der Waals surface area contributed by atoms with E-state index in [4.69, 9.17) is 11.6 Å². The number of aromatic nitrogens is 1. The lowest BCUT2D eigenvalue weighted by molar-refractivity contribution is -0.143. The Labute approximate surface area is 200 Å². The van der Waals surface area contributed by atoms with Gasteiger partial charge in [-0.05, 0) is 49.9 Å². The first kappa shape index (κ1) is 22.5. The number of halogens is 1. The van der Waals surface area contributed by atoms with E-state index in [1.165, 1.54) is 6.42 Å². The van der Waals surface area contributed by atoms with Crippen LogP contribution in [0.3, 0.4) is 0 Å². The lowest BCUT2D eigenvalue weighted by atomic mass is 9.87. The normalized spacial score (nSPS) is 22.6. The van der Waals surface area contributed by atoms with Gasteiger partial charge in [-0.15, -0.1) is 0 Å². The highest BCUT2D eigenvalue weighted by molar-refractivity contribution is 6.31. The van der Waals surface area contributed by atoms with Gasteiger partial charge in [0, 0.05) is 67.5 Å². The lowest BCUT2D eigenvalue weighted by Gasteiger charge is -2.40. The summed E-state index contributed by atoms with van der Waals surface area (Å²) in [6.45, 7) is 4.43. The molecule has 7 heteroatoms. The maximum Gasteiger partial charge on any atom is 0.227 e. The third-order valence-electron chi connectivity index (χ3n) is 7.65. The van der Waals surface area contributed by atoms with Crippen molar-refractivity contribution in [1.82, 2.24) is 14.8 Å². The predicted octanol–water partition coefficient (Wildman–Crippen LogP) is 4.36. The third-order valence-corrected chi connectivity index (χ3v) is 7.89. The second-order valence-corrected chi connectivity index (χ2v) is 10.2. The highest BCUT2D eigenvalue weighted by Gasteiger charge is 2.35. The summed E-state index contributed by atoms with van der Waals surface area (Å²) in [5, 5.41) is 1.77. The van der Waals surface area contributed by atoms with E-state index in [1.54, 1.807) is 0 Å². The molecule has 2 aliphatic heterocycles. The van der Waals surface area contributed by atoms with E-state index in [0.717, 1.165) is 74.7 Å². The maximum atomic E-state index is 13.3. The molecule has 1 aliphatic carbocycles. The van der Waals surface area contributed by atoms with Gasteiger partial charge in [0.25, 0.3) is 0 Å². The van der Waals surface area contributed by atoms with Crippen molar-refractivity contribution in [3.05, 3.63) is 35.5 Å².